The predicted octanol–water partition coefficient (Wildman–Crippen LogP) is 3.97. The van der Waals surface area contributed by atoms with Gasteiger partial charge in [-0.15, -0.1) is 0 Å². The fourth-order valence-corrected chi connectivity index (χ4v) is 3.96. The van der Waals surface area contributed by atoms with Gasteiger partial charge in [0.15, 0.2) is 5.82 Å². The van der Waals surface area contributed by atoms with Gasteiger partial charge >= 0.3 is 0 Å². The summed E-state index contributed by atoms with van der Waals surface area (Å²) in [6, 6.07) is 17.8. The number of nitrogens with one attached hydrogen (secondary N) is 1. The maximum Gasteiger partial charge on any atom is 0.257 e. The Labute approximate surface area is 188 Å². The standard InChI is InChI=1S/C26H28N4O2/c1-3-19-11-13-20(14-12-19)18(2)28-24(31)17-30-15-7-10-23-22(26(30)32)16-27-25(29-23)21-8-5-4-6-9-21/h4-6,8-9,11-14,16,18H,3,7,10,15,17H2,1-2H3,(H,28,31). The van der Waals surface area contributed by atoms with Crippen LogP contribution in [0.25, 0.3) is 11.4 Å². The molecule has 0 aliphatic carbocycles. The molecule has 2 aromatic carbocycles. The van der Waals surface area contributed by atoms with E-state index in [9.17, 15) is 9.59 Å². The van der Waals surface area contributed by atoms with E-state index in [1.165, 1.54) is 5.56 Å². The quantitative estimate of drug-likeness (QED) is 0.645. The van der Waals surface area contributed by atoms with E-state index in [1.807, 2.05) is 49.4 Å². The number of hydrogen-bond donors (Lipinski definition) is 1. The van der Waals surface area contributed by atoms with Crippen LogP contribution in [0, 0.1) is 0 Å². The zero-order chi connectivity index (χ0) is 22.5. The first-order chi connectivity index (χ1) is 15.5. The number of carbonyl (C=O) groups excluding carboxylic acids is 2. The van der Waals surface area contributed by atoms with Crippen LogP contribution in [0.2, 0.25) is 0 Å². The van der Waals surface area contributed by atoms with E-state index in [0.29, 0.717) is 24.4 Å². The second-order valence-electron chi connectivity index (χ2n) is 8.13. The third-order valence-corrected chi connectivity index (χ3v) is 5.86. The highest BCUT2D eigenvalue weighted by molar-refractivity contribution is 5.97. The number of fused-ring (bicyclic) bond motifs is 1. The maximum atomic E-state index is 13.1. The third-order valence-electron chi connectivity index (χ3n) is 5.86. The highest BCUT2D eigenvalue weighted by Crippen LogP contribution is 2.21. The molecule has 164 valence electrons. The van der Waals surface area contributed by atoms with Crippen LogP contribution in [0.3, 0.4) is 0 Å². The van der Waals surface area contributed by atoms with Crippen molar-refractivity contribution in [3.63, 3.8) is 0 Å². The Bertz CT molecular complexity index is 1100. The molecule has 0 saturated carbocycles. The second-order valence-corrected chi connectivity index (χ2v) is 8.13. The molecule has 0 radical (unpaired) electrons. The monoisotopic (exact) mass is 428 g/mol. The van der Waals surface area contributed by atoms with E-state index in [-0.39, 0.29) is 24.4 Å². The average molecular weight is 429 g/mol. The number of nitrogens with zero attached hydrogens (tertiary/aromatic N) is 3. The first-order valence-electron chi connectivity index (χ1n) is 11.1. The summed E-state index contributed by atoms with van der Waals surface area (Å²) in [7, 11) is 0. The van der Waals surface area contributed by atoms with Gasteiger partial charge in [0.25, 0.3) is 5.91 Å². The summed E-state index contributed by atoms with van der Waals surface area (Å²) in [4.78, 5) is 36.5. The van der Waals surface area contributed by atoms with E-state index in [0.717, 1.165) is 29.7 Å². The molecule has 6 heteroatoms. The summed E-state index contributed by atoms with van der Waals surface area (Å²) >= 11 is 0. The Morgan fingerprint density at radius 1 is 1.12 bits per heavy atom. The molecular weight excluding hydrogens is 400 g/mol. The molecule has 32 heavy (non-hydrogen) atoms. The number of aromatic nitrogens is 2. The molecule has 1 atom stereocenters. The lowest BCUT2D eigenvalue weighted by molar-refractivity contribution is -0.122. The lowest BCUT2D eigenvalue weighted by Gasteiger charge is -2.22. The fraction of sp³-hybridized carbons (Fsp3) is 0.308. The zero-order valence-corrected chi connectivity index (χ0v) is 18.5. The van der Waals surface area contributed by atoms with Crippen molar-refractivity contribution < 1.29 is 9.59 Å². The number of carbonyl (C=O) groups is 2. The summed E-state index contributed by atoms with van der Waals surface area (Å²) in [5.74, 6) is 0.258. The highest BCUT2D eigenvalue weighted by atomic mass is 16.2. The number of benzene rings is 2. The summed E-state index contributed by atoms with van der Waals surface area (Å²) in [6.45, 7) is 4.61. The van der Waals surface area contributed by atoms with Crippen molar-refractivity contribution >= 4 is 11.8 Å². The normalized spacial score (nSPS) is 14.4. The van der Waals surface area contributed by atoms with Crippen LogP contribution in [0.5, 0.6) is 0 Å². The Hall–Kier alpha value is -3.54. The molecule has 1 aromatic heterocycles. The van der Waals surface area contributed by atoms with Gasteiger partial charge < -0.3 is 10.2 Å². The Kier molecular flexibility index (Phi) is 6.59. The molecule has 1 unspecified atom stereocenters. The molecule has 1 N–H and O–H groups in total. The molecule has 2 amide bonds. The van der Waals surface area contributed by atoms with Crippen LogP contribution in [0.4, 0.5) is 0 Å². The summed E-state index contributed by atoms with van der Waals surface area (Å²) in [6.07, 6.45) is 4.02. The molecule has 1 aliphatic heterocycles. The van der Waals surface area contributed by atoms with Gasteiger partial charge in [0.1, 0.15) is 0 Å². The van der Waals surface area contributed by atoms with Gasteiger partial charge in [-0.1, -0.05) is 61.5 Å². The van der Waals surface area contributed by atoms with E-state index in [1.54, 1.807) is 11.1 Å². The van der Waals surface area contributed by atoms with Crippen LogP contribution >= 0.6 is 0 Å². The largest absolute Gasteiger partial charge is 0.348 e. The van der Waals surface area contributed by atoms with Gasteiger partial charge in [-0.05, 0) is 37.3 Å². The first kappa shape index (κ1) is 21.7. The van der Waals surface area contributed by atoms with Crippen molar-refractivity contribution in [3.05, 3.63) is 83.2 Å². The molecule has 0 spiro atoms. The average Bonchev–Trinajstić information content (AvgIpc) is 2.98. The second kappa shape index (κ2) is 9.73. The summed E-state index contributed by atoms with van der Waals surface area (Å²) in [5.41, 5.74) is 4.46. The van der Waals surface area contributed by atoms with E-state index in [2.05, 4.69) is 34.3 Å². The number of rotatable bonds is 6. The van der Waals surface area contributed by atoms with Crippen molar-refractivity contribution in [1.29, 1.82) is 0 Å². The smallest absolute Gasteiger partial charge is 0.257 e. The van der Waals surface area contributed by atoms with Crippen molar-refractivity contribution in [2.45, 2.75) is 39.2 Å². The van der Waals surface area contributed by atoms with Crippen molar-refractivity contribution in [2.24, 2.45) is 0 Å². The van der Waals surface area contributed by atoms with Crippen LogP contribution < -0.4 is 5.32 Å². The topological polar surface area (TPSA) is 75.2 Å². The molecule has 2 heterocycles. The van der Waals surface area contributed by atoms with Gasteiger partial charge in [-0.25, -0.2) is 9.97 Å². The van der Waals surface area contributed by atoms with Crippen LogP contribution in [0.1, 0.15) is 53.5 Å². The Balaban J connectivity index is 1.43. The highest BCUT2D eigenvalue weighted by Gasteiger charge is 2.26. The molecule has 4 rings (SSSR count). The van der Waals surface area contributed by atoms with Crippen molar-refractivity contribution in [3.8, 4) is 11.4 Å². The third kappa shape index (κ3) is 4.85. The summed E-state index contributed by atoms with van der Waals surface area (Å²) in [5, 5.41) is 3.01. The van der Waals surface area contributed by atoms with E-state index in [4.69, 9.17) is 0 Å². The van der Waals surface area contributed by atoms with E-state index >= 15 is 0 Å². The van der Waals surface area contributed by atoms with Crippen LogP contribution in [-0.4, -0.2) is 39.8 Å². The predicted molar refractivity (Wildman–Crippen MR) is 124 cm³/mol. The SMILES string of the molecule is CCc1ccc(C(C)NC(=O)CN2CCCc3nc(-c4ccccc4)ncc3C2=O)cc1. The van der Waals surface area contributed by atoms with Crippen LogP contribution in [-0.2, 0) is 17.6 Å². The van der Waals surface area contributed by atoms with Gasteiger partial charge in [0, 0.05) is 18.3 Å². The lowest BCUT2D eigenvalue weighted by atomic mass is 10.1. The molecule has 0 bridgehead atoms. The molecule has 6 nitrogen and oxygen atoms in total. The minimum Gasteiger partial charge on any atom is -0.348 e. The van der Waals surface area contributed by atoms with Crippen molar-refractivity contribution in [1.82, 2.24) is 20.2 Å². The summed E-state index contributed by atoms with van der Waals surface area (Å²) < 4.78 is 0. The van der Waals surface area contributed by atoms with Gasteiger partial charge in [-0.3, -0.25) is 9.59 Å². The minimum atomic E-state index is -0.188. The molecule has 1 aliphatic rings. The van der Waals surface area contributed by atoms with Crippen LogP contribution in [0.15, 0.2) is 60.8 Å². The number of hydrogen-bond acceptors (Lipinski definition) is 4. The van der Waals surface area contributed by atoms with Gasteiger partial charge in [-0.2, -0.15) is 0 Å². The number of aryl methyl sites for hydroxylation is 2. The van der Waals surface area contributed by atoms with Gasteiger partial charge in [0.05, 0.1) is 23.8 Å². The maximum absolute atomic E-state index is 13.1. The molecular formula is C26H28N4O2. The lowest BCUT2D eigenvalue weighted by Crippen LogP contribution is -2.41. The van der Waals surface area contributed by atoms with Crippen molar-refractivity contribution in [2.75, 3.05) is 13.1 Å². The minimum absolute atomic E-state index is 0.0239. The Morgan fingerprint density at radius 2 is 1.88 bits per heavy atom. The van der Waals surface area contributed by atoms with Gasteiger partial charge in [0.2, 0.25) is 5.91 Å². The molecule has 0 saturated heterocycles. The number of amides is 2. The fourth-order valence-electron chi connectivity index (χ4n) is 3.96. The first-order valence-corrected chi connectivity index (χ1v) is 11.1. The zero-order valence-electron chi connectivity index (χ0n) is 18.5. The molecule has 3 aromatic rings. The Morgan fingerprint density at radius 3 is 2.59 bits per heavy atom. The van der Waals surface area contributed by atoms with E-state index < -0.39 is 0 Å². The molecule has 0 fully saturated rings.